The number of halogens is 1. The highest BCUT2D eigenvalue weighted by Crippen LogP contribution is 2.38. The number of anilines is 1. The molecule has 5 N–H and O–H groups in total. The van der Waals surface area contributed by atoms with Crippen molar-refractivity contribution in [3.05, 3.63) is 58.6 Å². The molecule has 0 spiro atoms. The van der Waals surface area contributed by atoms with E-state index in [1.807, 2.05) is 31.2 Å². The van der Waals surface area contributed by atoms with Gasteiger partial charge in [-0.05, 0) is 54.4 Å². The summed E-state index contributed by atoms with van der Waals surface area (Å²) in [5, 5.41) is 16.9. The Morgan fingerprint density at radius 1 is 1.24 bits per heavy atom. The van der Waals surface area contributed by atoms with Crippen molar-refractivity contribution in [2.45, 2.75) is 6.92 Å². The fourth-order valence-corrected chi connectivity index (χ4v) is 3.36. The molecule has 0 aliphatic rings. The largest absolute Gasteiger partial charge is 0.497 e. The number of methoxy groups -OCH3 is 1. The van der Waals surface area contributed by atoms with E-state index < -0.39 is 5.91 Å². The second kappa shape index (κ2) is 11.4. The van der Waals surface area contributed by atoms with Crippen LogP contribution in [0.2, 0.25) is 5.02 Å². The van der Waals surface area contributed by atoms with Crippen LogP contribution in [-0.4, -0.2) is 36.2 Å². The quantitative estimate of drug-likeness (QED) is 0.463. The molecule has 2 aromatic carbocycles. The number of amides is 1. The van der Waals surface area contributed by atoms with E-state index in [9.17, 15) is 10.1 Å². The van der Waals surface area contributed by atoms with Crippen LogP contribution in [-0.2, 0) is 9.59 Å². The minimum Gasteiger partial charge on any atom is -0.497 e. The molecule has 3 aromatic rings. The van der Waals surface area contributed by atoms with Crippen LogP contribution < -0.4 is 20.9 Å². The van der Waals surface area contributed by atoms with Gasteiger partial charge in [-0.2, -0.15) is 5.26 Å². The molecule has 0 unspecified atom stereocenters. The fraction of sp³-hybridized carbons (Fsp3) is 0.130. The zero-order chi connectivity index (χ0) is 24.5. The van der Waals surface area contributed by atoms with E-state index in [-0.39, 0.29) is 29.5 Å². The van der Waals surface area contributed by atoms with Gasteiger partial charge in [0.05, 0.1) is 17.8 Å². The highest BCUT2D eigenvalue weighted by Gasteiger charge is 2.19. The van der Waals surface area contributed by atoms with Gasteiger partial charge in [-0.15, -0.1) is 0 Å². The lowest BCUT2D eigenvalue weighted by atomic mass is 9.92. The van der Waals surface area contributed by atoms with Gasteiger partial charge in [0, 0.05) is 11.1 Å². The van der Waals surface area contributed by atoms with Gasteiger partial charge in [-0.3, -0.25) is 9.59 Å². The van der Waals surface area contributed by atoms with Gasteiger partial charge in [-0.25, -0.2) is 4.98 Å². The zero-order valence-electron chi connectivity index (χ0n) is 17.8. The van der Waals surface area contributed by atoms with Crippen molar-refractivity contribution in [3.63, 3.8) is 0 Å². The Bertz CT molecular complexity index is 1210. The first-order valence-corrected chi connectivity index (χ1v) is 9.78. The minimum atomic E-state index is -0.608. The van der Waals surface area contributed by atoms with Gasteiger partial charge in [0.2, 0.25) is 0 Å². The number of rotatable bonds is 6. The summed E-state index contributed by atoms with van der Waals surface area (Å²) in [6, 6.07) is 14.5. The van der Waals surface area contributed by atoms with Crippen LogP contribution in [0.3, 0.4) is 0 Å². The number of benzene rings is 2. The number of carbonyl (C=O) groups is 2. The molecule has 0 saturated carbocycles. The molecule has 1 heterocycles. The first-order valence-electron chi connectivity index (χ1n) is 9.40. The van der Waals surface area contributed by atoms with Gasteiger partial charge in [-0.1, -0.05) is 17.7 Å². The summed E-state index contributed by atoms with van der Waals surface area (Å²) < 4.78 is 10.5. The summed E-state index contributed by atoms with van der Waals surface area (Å²) >= 11 is 6.32. The monoisotopic (exact) mass is 468 g/mol. The summed E-state index contributed by atoms with van der Waals surface area (Å²) in [5.74, 6) is 0.544. The maximum atomic E-state index is 10.9. The molecule has 0 aliphatic carbocycles. The highest BCUT2D eigenvalue weighted by molar-refractivity contribution is 6.32. The molecule has 0 bridgehead atoms. The van der Waals surface area contributed by atoms with E-state index in [0.717, 1.165) is 16.9 Å². The van der Waals surface area contributed by atoms with Gasteiger partial charge >= 0.3 is 0 Å². The van der Waals surface area contributed by atoms with Crippen LogP contribution in [0.5, 0.6) is 11.5 Å². The van der Waals surface area contributed by atoms with Crippen molar-refractivity contribution in [2.24, 2.45) is 5.73 Å². The lowest BCUT2D eigenvalue weighted by molar-refractivity contribution is -0.123. The van der Waals surface area contributed by atoms with E-state index in [2.05, 4.69) is 11.1 Å². The van der Waals surface area contributed by atoms with Crippen LogP contribution in [0.15, 0.2) is 42.5 Å². The van der Waals surface area contributed by atoms with Crippen LogP contribution in [0, 0.1) is 18.3 Å². The lowest BCUT2D eigenvalue weighted by Gasteiger charge is -2.16. The van der Waals surface area contributed by atoms with Crippen molar-refractivity contribution in [3.8, 4) is 40.0 Å². The van der Waals surface area contributed by atoms with Gasteiger partial charge in [0.15, 0.2) is 6.61 Å². The molecule has 1 amide bonds. The Hall–Kier alpha value is -4.29. The lowest BCUT2D eigenvalue weighted by Crippen LogP contribution is -2.20. The Balaban J connectivity index is 0.00000122. The number of ether oxygens (including phenoxy) is 2. The third-order valence-electron chi connectivity index (χ3n) is 4.53. The van der Waals surface area contributed by atoms with E-state index in [1.54, 1.807) is 25.3 Å². The third-order valence-corrected chi connectivity index (χ3v) is 4.83. The molecule has 0 fully saturated rings. The van der Waals surface area contributed by atoms with E-state index in [1.165, 1.54) is 0 Å². The average molecular weight is 469 g/mol. The maximum absolute atomic E-state index is 10.9. The molecule has 0 atom stereocenters. The number of nitrogens with two attached hydrogens (primary N) is 2. The normalized spacial score (nSPS) is 9.76. The Labute approximate surface area is 195 Å². The molecule has 10 heteroatoms. The molecule has 9 nitrogen and oxygen atoms in total. The van der Waals surface area contributed by atoms with Crippen LogP contribution in [0.4, 0.5) is 5.82 Å². The highest BCUT2D eigenvalue weighted by atomic mass is 35.5. The molecule has 3 rings (SSSR count). The smallest absolute Gasteiger partial charge is 0.290 e. The number of aromatic nitrogens is 1. The van der Waals surface area contributed by atoms with Crippen LogP contribution in [0.25, 0.3) is 22.4 Å². The van der Waals surface area contributed by atoms with E-state index >= 15 is 0 Å². The maximum Gasteiger partial charge on any atom is 0.290 e. The number of nitrogens with zero attached hydrogens (tertiary/aromatic N) is 2. The standard InChI is InChI=1S/C22H19ClN4O3.CH2O2/c1-12-20(14-5-8-18(17(23)9-14)30-11-19(25)28)16(10-24)22(26)27-21(12)13-3-6-15(29-2)7-4-13;2-1-3/h3-9H,11H2,1-2H3,(H2,25,28)(H2,26,27);1H,(H,2,3). The molecule has 0 radical (unpaired) electrons. The predicted octanol–water partition coefficient (Wildman–Crippen LogP) is 3.40. The zero-order valence-corrected chi connectivity index (χ0v) is 18.6. The number of primary amides is 1. The van der Waals surface area contributed by atoms with Gasteiger partial charge in [0.25, 0.3) is 12.4 Å². The second-order valence-electron chi connectivity index (χ2n) is 6.57. The fourth-order valence-electron chi connectivity index (χ4n) is 3.12. The number of carboxylic acid groups (broad SMARTS) is 1. The summed E-state index contributed by atoms with van der Waals surface area (Å²) in [6.07, 6.45) is 0. The molecule has 1 aromatic heterocycles. The van der Waals surface area contributed by atoms with Crippen molar-refractivity contribution in [1.82, 2.24) is 4.98 Å². The van der Waals surface area contributed by atoms with Crippen LogP contribution >= 0.6 is 11.6 Å². The summed E-state index contributed by atoms with van der Waals surface area (Å²) in [6.45, 7) is 1.33. The number of hydrogen-bond acceptors (Lipinski definition) is 7. The first-order chi connectivity index (χ1) is 15.8. The third kappa shape index (κ3) is 5.90. The second-order valence-corrected chi connectivity index (χ2v) is 6.97. The summed E-state index contributed by atoms with van der Waals surface area (Å²) in [7, 11) is 1.59. The van der Waals surface area contributed by atoms with Crippen LogP contribution in [0.1, 0.15) is 11.1 Å². The first kappa shape index (κ1) is 25.0. The SMILES string of the molecule is COc1ccc(-c2nc(N)c(C#N)c(-c3ccc(OCC(N)=O)c(Cl)c3)c2C)cc1.O=CO. The Morgan fingerprint density at radius 2 is 1.85 bits per heavy atom. The van der Waals surface area contributed by atoms with Crippen molar-refractivity contribution < 1.29 is 24.2 Å². The summed E-state index contributed by atoms with van der Waals surface area (Å²) in [5.41, 5.74) is 15.0. The number of nitrogen functional groups attached to an aromatic ring is 1. The van der Waals surface area contributed by atoms with E-state index in [0.29, 0.717) is 22.6 Å². The number of hydrogen-bond donors (Lipinski definition) is 3. The van der Waals surface area contributed by atoms with Crippen molar-refractivity contribution in [2.75, 3.05) is 19.5 Å². The number of pyridine rings is 1. The Kier molecular flexibility index (Phi) is 8.60. The number of nitriles is 1. The molecular weight excluding hydrogens is 448 g/mol. The average Bonchev–Trinajstić information content (AvgIpc) is 2.79. The van der Waals surface area contributed by atoms with E-state index in [4.69, 9.17) is 42.4 Å². The molecule has 0 saturated heterocycles. The topological polar surface area (TPSA) is 162 Å². The molecule has 0 aliphatic heterocycles. The predicted molar refractivity (Wildman–Crippen MR) is 124 cm³/mol. The van der Waals surface area contributed by atoms with Gasteiger partial charge < -0.3 is 26.0 Å². The van der Waals surface area contributed by atoms with Gasteiger partial charge in [0.1, 0.15) is 28.9 Å². The van der Waals surface area contributed by atoms with Crippen molar-refractivity contribution in [1.29, 1.82) is 5.26 Å². The number of carbonyl (C=O) groups excluding carboxylic acids is 1. The summed E-state index contributed by atoms with van der Waals surface area (Å²) in [4.78, 5) is 23.8. The molecule has 170 valence electrons. The minimum absolute atomic E-state index is 0.120. The van der Waals surface area contributed by atoms with Crippen molar-refractivity contribution >= 4 is 29.8 Å². The Morgan fingerprint density at radius 3 is 2.36 bits per heavy atom. The molecule has 33 heavy (non-hydrogen) atoms. The molecular formula is C23H21ClN4O5.